The number of nitrogens with zero attached hydrogens (tertiary/aromatic N) is 4. The van der Waals surface area contributed by atoms with E-state index < -0.39 is 5.60 Å². The molecule has 1 amide bonds. The lowest BCUT2D eigenvalue weighted by Crippen LogP contribution is -2.63. The number of hydrogen-bond acceptors (Lipinski definition) is 6. The van der Waals surface area contributed by atoms with Crippen molar-refractivity contribution < 1.29 is 14.6 Å². The molecule has 3 aliphatic rings. The first kappa shape index (κ1) is 19.6. The highest BCUT2D eigenvalue weighted by Gasteiger charge is 2.47. The van der Waals surface area contributed by atoms with Crippen LogP contribution in [0.1, 0.15) is 46.9 Å². The molecule has 3 fully saturated rings. The van der Waals surface area contributed by atoms with Gasteiger partial charge in [-0.15, -0.1) is 0 Å². The summed E-state index contributed by atoms with van der Waals surface area (Å²) in [6.45, 7) is 3.75. The smallest absolute Gasteiger partial charge is 0.257 e. The van der Waals surface area contributed by atoms with E-state index in [2.05, 4.69) is 14.9 Å². The number of hydrogen-bond donors (Lipinski definition) is 1. The van der Waals surface area contributed by atoms with Crippen LogP contribution in [-0.4, -0.2) is 76.2 Å². The number of ether oxygens (including phenoxy) is 1. The molecule has 0 unspecified atom stereocenters. The van der Waals surface area contributed by atoms with Crippen molar-refractivity contribution in [3.05, 3.63) is 59.7 Å². The maximum absolute atomic E-state index is 13.2. The predicted octanol–water partition coefficient (Wildman–Crippen LogP) is 1.79. The fourth-order valence-corrected chi connectivity index (χ4v) is 4.66. The summed E-state index contributed by atoms with van der Waals surface area (Å²) in [5, 5.41) is 11.8. The molecular formula is C23H28N4O3. The zero-order chi connectivity index (χ0) is 20.6. The van der Waals surface area contributed by atoms with Crippen LogP contribution in [0.3, 0.4) is 0 Å². The summed E-state index contributed by atoms with van der Waals surface area (Å²) in [5.41, 5.74) is 0.429. The molecule has 2 aliphatic heterocycles. The topological polar surface area (TPSA) is 78.8 Å². The zero-order valence-electron chi connectivity index (χ0n) is 17.1. The van der Waals surface area contributed by atoms with Crippen molar-refractivity contribution >= 4 is 5.91 Å². The average Bonchev–Trinajstić information content (AvgIpc) is 3.66. The molecule has 1 aromatic heterocycles. The first-order valence-electron chi connectivity index (χ1n) is 10.9. The van der Waals surface area contributed by atoms with E-state index in [1.807, 2.05) is 35.2 Å². The van der Waals surface area contributed by atoms with Crippen LogP contribution >= 0.6 is 0 Å². The number of benzene rings is 1. The summed E-state index contributed by atoms with van der Waals surface area (Å²) in [6.07, 6.45) is 6.08. The van der Waals surface area contributed by atoms with Gasteiger partial charge in [-0.25, -0.2) is 9.97 Å². The Bertz CT molecular complexity index is 881. The van der Waals surface area contributed by atoms with Gasteiger partial charge in [0.15, 0.2) is 0 Å². The Morgan fingerprint density at radius 2 is 1.77 bits per heavy atom. The largest absolute Gasteiger partial charge is 0.383 e. The number of carbonyl (C=O) groups is 1. The van der Waals surface area contributed by atoms with E-state index in [1.165, 1.54) is 0 Å². The molecule has 2 saturated heterocycles. The van der Waals surface area contributed by atoms with Gasteiger partial charge in [0.05, 0.1) is 24.8 Å². The molecule has 0 radical (unpaired) electrons. The van der Waals surface area contributed by atoms with E-state index in [4.69, 9.17) is 4.74 Å². The van der Waals surface area contributed by atoms with Crippen LogP contribution in [0.2, 0.25) is 0 Å². The molecule has 2 aromatic rings. The maximum atomic E-state index is 13.2. The third-order valence-electron chi connectivity index (χ3n) is 6.62. The van der Waals surface area contributed by atoms with Gasteiger partial charge in [0, 0.05) is 44.5 Å². The number of amides is 1. The van der Waals surface area contributed by atoms with Gasteiger partial charge in [-0.1, -0.05) is 30.3 Å². The maximum Gasteiger partial charge on any atom is 0.257 e. The molecule has 0 bridgehead atoms. The minimum Gasteiger partial charge on any atom is -0.383 e. The first-order valence-corrected chi connectivity index (χ1v) is 10.9. The molecule has 1 saturated carbocycles. The van der Waals surface area contributed by atoms with Crippen LogP contribution in [0.5, 0.6) is 0 Å². The third kappa shape index (κ3) is 3.73. The fraction of sp³-hybridized carbons (Fsp3) is 0.522. The SMILES string of the molecule is O=C(c1cnc(C2CC2)nc1)N1CC[C@](O)(c2ccccc2)[C@H](N2CCOCC2)C1. The Hall–Kier alpha value is -2.35. The Morgan fingerprint density at radius 1 is 1.07 bits per heavy atom. The minimum atomic E-state index is -0.998. The monoisotopic (exact) mass is 408 g/mol. The van der Waals surface area contributed by atoms with Gasteiger partial charge in [-0.2, -0.15) is 0 Å². The van der Waals surface area contributed by atoms with E-state index in [1.54, 1.807) is 12.4 Å². The van der Waals surface area contributed by atoms with Gasteiger partial charge in [-0.3, -0.25) is 9.69 Å². The van der Waals surface area contributed by atoms with Crippen molar-refractivity contribution in [3.63, 3.8) is 0 Å². The van der Waals surface area contributed by atoms with Gasteiger partial charge >= 0.3 is 0 Å². The number of likely N-dealkylation sites (tertiary alicyclic amines) is 1. The molecule has 0 spiro atoms. The minimum absolute atomic E-state index is 0.0641. The van der Waals surface area contributed by atoms with Crippen molar-refractivity contribution in [2.45, 2.75) is 36.8 Å². The van der Waals surface area contributed by atoms with Crippen molar-refractivity contribution in [1.82, 2.24) is 19.8 Å². The van der Waals surface area contributed by atoms with E-state index in [0.29, 0.717) is 44.2 Å². The third-order valence-corrected chi connectivity index (χ3v) is 6.62. The van der Waals surface area contributed by atoms with Gasteiger partial charge in [0.2, 0.25) is 0 Å². The number of carbonyl (C=O) groups excluding carboxylic acids is 1. The number of aromatic nitrogens is 2. The molecule has 1 aromatic carbocycles. The van der Waals surface area contributed by atoms with Gasteiger partial charge in [0.25, 0.3) is 5.91 Å². The van der Waals surface area contributed by atoms with Gasteiger partial charge in [-0.05, 0) is 24.8 Å². The standard InChI is InChI=1S/C23H28N4O3/c28-22(18-14-24-21(25-15-18)17-6-7-17)27-9-8-23(29,19-4-2-1-3-5-19)20(16-27)26-10-12-30-13-11-26/h1-5,14-15,17,20,29H,6-13,16H2/t20-,23+/m1/s1. The summed E-state index contributed by atoms with van der Waals surface area (Å²) in [5.74, 6) is 1.25. The Labute approximate surface area is 176 Å². The van der Waals surface area contributed by atoms with Gasteiger partial charge < -0.3 is 14.7 Å². The number of morpholine rings is 1. The lowest BCUT2D eigenvalue weighted by Gasteiger charge is -2.50. The molecular weight excluding hydrogens is 380 g/mol. The van der Waals surface area contributed by atoms with Gasteiger partial charge in [0.1, 0.15) is 11.4 Å². The van der Waals surface area contributed by atoms with Crippen molar-refractivity contribution in [2.75, 3.05) is 39.4 Å². The highest BCUT2D eigenvalue weighted by Crippen LogP contribution is 2.38. The van der Waals surface area contributed by atoms with E-state index in [9.17, 15) is 9.90 Å². The molecule has 1 aliphatic carbocycles. The summed E-state index contributed by atoms with van der Waals surface area (Å²) < 4.78 is 5.52. The summed E-state index contributed by atoms with van der Waals surface area (Å²) in [4.78, 5) is 26.1. The van der Waals surface area contributed by atoms with Crippen molar-refractivity contribution in [2.24, 2.45) is 0 Å². The molecule has 30 heavy (non-hydrogen) atoms. The van der Waals surface area contributed by atoms with Crippen molar-refractivity contribution in [3.8, 4) is 0 Å². The fourth-order valence-electron chi connectivity index (χ4n) is 4.66. The average molecular weight is 409 g/mol. The molecule has 1 N–H and O–H groups in total. The van der Waals surface area contributed by atoms with E-state index >= 15 is 0 Å². The molecule has 2 atom stereocenters. The van der Waals surface area contributed by atoms with Crippen LogP contribution in [0.4, 0.5) is 0 Å². The van der Waals surface area contributed by atoms with Crippen LogP contribution < -0.4 is 0 Å². The second-order valence-electron chi connectivity index (χ2n) is 8.56. The van der Waals surface area contributed by atoms with Crippen LogP contribution in [0.15, 0.2) is 42.7 Å². The quantitative estimate of drug-likeness (QED) is 0.831. The molecule has 7 nitrogen and oxygen atoms in total. The van der Waals surface area contributed by atoms with Crippen LogP contribution in [-0.2, 0) is 10.3 Å². The second kappa shape index (κ2) is 8.06. The zero-order valence-corrected chi connectivity index (χ0v) is 17.1. The van der Waals surface area contributed by atoms with Crippen LogP contribution in [0, 0.1) is 0 Å². The van der Waals surface area contributed by atoms with E-state index in [0.717, 1.165) is 37.3 Å². The predicted molar refractivity (Wildman–Crippen MR) is 111 cm³/mol. The summed E-state index contributed by atoms with van der Waals surface area (Å²) in [6, 6.07) is 9.65. The first-order chi connectivity index (χ1) is 14.6. The van der Waals surface area contributed by atoms with Crippen LogP contribution in [0.25, 0.3) is 0 Å². The Balaban J connectivity index is 1.38. The highest BCUT2D eigenvalue weighted by molar-refractivity contribution is 5.93. The number of rotatable bonds is 4. The molecule has 158 valence electrons. The number of piperidine rings is 1. The lowest BCUT2D eigenvalue weighted by molar-refractivity contribution is -0.112. The Morgan fingerprint density at radius 3 is 2.43 bits per heavy atom. The summed E-state index contributed by atoms with van der Waals surface area (Å²) in [7, 11) is 0. The van der Waals surface area contributed by atoms with Crippen molar-refractivity contribution in [1.29, 1.82) is 0 Å². The normalized spacial score (nSPS) is 27.8. The summed E-state index contributed by atoms with van der Waals surface area (Å²) >= 11 is 0. The highest BCUT2D eigenvalue weighted by atomic mass is 16.5. The molecule has 5 rings (SSSR count). The Kier molecular flexibility index (Phi) is 5.26. The molecule has 3 heterocycles. The second-order valence-corrected chi connectivity index (χ2v) is 8.56. The molecule has 7 heteroatoms. The van der Waals surface area contributed by atoms with E-state index in [-0.39, 0.29) is 11.9 Å². The number of aliphatic hydroxyl groups is 1. The lowest BCUT2D eigenvalue weighted by atomic mass is 9.79.